The minimum absolute atomic E-state index is 0.0371. The molecule has 0 heterocycles. The largest absolute Gasteiger partial charge is 0.395 e. The summed E-state index contributed by atoms with van der Waals surface area (Å²) in [4.78, 5) is 13.7. The maximum absolute atomic E-state index is 12.5. The van der Waals surface area contributed by atoms with Gasteiger partial charge in [0.25, 0.3) is 5.91 Å². The number of aliphatic hydroxyl groups excluding tert-OH is 1. The van der Waals surface area contributed by atoms with Crippen LogP contribution in [0.5, 0.6) is 0 Å². The van der Waals surface area contributed by atoms with E-state index in [1.807, 2.05) is 0 Å². The Hall–Kier alpha value is -0.860. The molecule has 0 saturated heterocycles. The van der Waals surface area contributed by atoms with Crippen molar-refractivity contribution in [3.8, 4) is 0 Å². The number of sulfonamides is 1. The second kappa shape index (κ2) is 7.36. The maximum Gasteiger partial charge on any atom is 0.255 e. The Labute approximate surface area is 145 Å². The van der Waals surface area contributed by atoms with E-state index in [1.54, 1.807) is 6.92 Å². The molecular weight excluding hydrogens is 363 g/mol. The molecule has 1 aliphatic carbocycles. The lowest BCUT2D eigenvalue weighted by molar-refractivity contribution is 0.0732. The summed E-state index contributed by atoms with van der Waals surface area (Å²) in [6.45, 7) is 2.06. The van der Waals surface area contributed by atoms with Crippen LogP contribution in [0, 0.1) is 0 Å². The van der Waals surface area contributed by atoms with Crippen LogP contribution < -0.4 is 4.72 Å². The molecule has 0 radical (unpaired) electrons. The average Bonchev–Trinajstić information content (AvgIpc) is 3.27. The lowest BCUT2D eigenvalue weighted by Gasteiger charge is -2.21. The van der Waals surface area contributed by atoms with Gasteiger partial charge in [-0.3, -0.25) is 4.79 Å². The summed E-state index contributed by atoms with van der Waals surface area (Å²) in [5.74, 6) is -0.453. The van der Waals surface area contributed by atoms with E-state index in [1.165, 1.54) is 17.0 Å². The molecule has 128 valence electrons. The van der Waals surface area contributed by atoms with Gasteiger partial charge in [-0.15, -0.1) is 0 Å². The molecule has 1 aromatic rings. The van der Waals surface area contributed by atoms with Gasteiger partial charge in [-0.1, -0.05) is 23.2 Å². The summed E-state index contributed by atoms with van der Waals surface area (Å²) in [6, 6.07) is 2.37. The average molecular weight is 381 g/mol. The molecule has 2 rings (SSSR count). The van der Waals surface area contributed by atoms with E-state index >= 15 is 0 Å². The zero-order chi connectivity index (χ0) is 17.2. The molecule has 0 unspecified atom stereocenters. The fourth-order valence-corrected chi connectivity index (χ4v) is 4.24. The molecule has 0 aromatic heterocycles. The second-order valence-corrected chi connectivity index (χ2v) is 7.76. The number of hydrogen-bond acceptors (Lipinski definition) is 4. The van der Waals surface area contributed by atoms with Crippen molar-refractivity contribution < 1.29 is 18.3 Å². The van der Waals surface area contributed by atoms with Gasteiger partial charge < -0.3 is 10.0 Å². The Morgan fingerprint density at radius 2 is 2.00 bits per heavy atom. The zero-order valence-electron chi connectivity index (χ0n) is 12.6. The molecular formula is C14H18Cl2N2O4S. The van der Waals surface area contributed by atoms with Crippen molar-refractivity contribution >= 4 is 39.1 Å². The molecule has 1 aromatic carbocycles. The van der Waals surface area contributed by atoms with Crippen LogP contribution in [0.1, 0.15) is 30.1 Å². The number of carbonyl (C=O) groups is 1. The lowest BCUT2D eigenvalue weighted by atomic mass is 10.2. The van der Waals surface area contributed by atoms with E-state index < -0.39 is 15.9 Å². The van der Waals surface area contributed by atoms with Gasteiger partial charge in [-0.05, 0) is 31.9 Å². The van der Waals surface area contributed by atoms with Crippen molar-refractivity contribution in [2.45, 2.75) is 30.7 Å². The number of rotatable bonds is 7. The molecule has 0 spiro atoms. The van der Waals surface area contributed by atoms with Gasteiger partial charge in [-0.2, -0.15) is 0 Å². The van der Waals surface area contributed by atoms with Gasteiger partial charge in [-0.25, -0.2) is 13.1 Å². The minimum atomic E-state index is -3.81. The number of amides is 1. The number of halogens is 2. The fourth-order valence-electron chi connectivity index (χ4n) is 2.08. The van der Waals surface area contributed by atoms with E-state index in [4.69, 9.17) is 28.3 Å². The van der Waals surface area contributed by atoms with E-state index in [0.29, 0.717) is 6.54 Å². The second-order valence-electron chi connectivity index (χ2n) is 5.27. The van der Waals surface area contributed by atoms with Crippen molar-refractivity contribution in [1.29, 1.82) is 0 Å². The van der Waals surface area contributed by atoms with Crippen LogP contribution in [0.4, 0.5) is 0 Å². The van der Waals surface area contributed by atoms with Crippen LogP contribution in [0.25, 0.3) is 0 Å². The Morgan fingerprint density at radius 3 is 2.52 bits per heavy atom. The van der Waals surface area contributed by atoms with E-state index in [-0.39, 0.29) is 39.7 Å². The Balaban J connectivity index is 2.41. The maximum atomic E-state index is 12.5. The van der Waals surface area contributed by atoms with Crippen molar-refractivity contribution in [2.24, 2.45) is 0 Å². The summed E-state index contributed by atoms with van der Waals surface area (Å²) in [5, 5.41) is 9.05. The molecule has 0 atom stereocenters. The zero-order valence-corrected chi connectivity index (χ0v) is 14.9. The van der Waals surface area contributed by atoms with Gasteiger partial charge in [0, 0.05) is 19.1 Å². The third kappa shape index (κ3) is 4.36. The van der Waals surface area contributed by atoms with Crippen molar-refractivity contribution in [2.75, 3.05) is 19.7 Å². The number of nitrogens with zero attached hydrogens (tertiary/aromatic N) is 1. The highest BCUT2D eigenvalue weighted by molar-refractivity contribution is 7.89. The number of aliphatic hydroxyl groups is 1. The molecule has 1 aliphatic rings. The number of hydrogen-bond donors (Lipinski definition) is 2. The van der Waals surface area contributed by atoms with Crippen LogP contribution in [-0.2, 0) is 10.0 Å². The van der Waals surface area contributed by atoms with Crippen LogP contribution in [0.2, 0.25) is 10.0 Å². The predicted molar refractivity (Wildman–Crippen MR) is 88.5 cm³/mol. The fraction of sp³-hybridized carbons (Fsp3) is 0.500. The molecule has 23 heavy (non-hydrogen) atoms. The van der Waals surface area contributed by atoms with Crippen LogP contribution in [0.3, 0.4) is 0 Å². The highest BCUT2D eigenvalue weighted by atomic mass is 35.5. The predicted octanol–water partition coefficient (Wildman–Crippen LogP) is 1.89. The van der Waals surface area contributed by atoms with Crippen molar-refractivity contribution in [1.82, 2.24) is 9.62 Å². The number of benzene rings is 1. The highest BCUT2D eigenvalue weighted by Gasteiger charge is 2.30. The topological polar surface area (TPSA) is 86.7 Å². The Morgan fingerprint density at radius 1 is 1.35 bits per heavy atom. The first-order chi connectivity index (χ1) is 10.8. The summed E-state index contributed by atoms with van der Waals surface area (Å²) in [6.07, 6.45) is 1.58. The first kappa shape index (κ1) is 18.5. The van der Waals surface area contributed by atoms with Gasteiger partial charge >= 0.3 is 0 Å². The quantitative estimate of drug-likeness (QED) is 0.755. The van der Waals surface area contributed by atoms with Gasteiger partial charge in [0.05, 0.1) is 22.2 Å². The van der Waals surface area contributed by atoms with Gasteiger partial charge in [0.2, 0.25) is 10.0 Å². The third-order valence-corrected chi connectivity index (χ3v) is 5.78. The normalized spacial score (nSPS) is 14.8. The monoisotopic (exact) mass is 380 g/mol. The van der Waals surface area contributed by atoms with Crippen LogP contribution in [0.15, 0.2) is 17.0 Å². The smallest absolute Gasteiger partial charge is 0.255 e. The number of nitrogens with one attached hydrogen (secondary N) is 1. The molecule has 0 aliphatic heterocycles. The Bertz CT molecular complexity index is 705. The molecule has 1 saturated carbocycles. The van der Waals surface area contributed by atoms with E-state index in [2.05, 4.69) is 4.72 Å². The van der Waals surface area contributed by atoms with Crippen molar-refractivity contribution in [3.63, 3.8) is 0 Å². The van der Waals surface area contributed by atoms with E-state index in [9.17, 15) is 13.2 Å². The molecule has 0 bridgehead atoms. The Kier molecular flexibility index (Phi) is 5.91. The first-order valence-corrected chi connectivity index (χ1v) is 9.45. The molecule has 2 N–H and O–H groups in total. The number of carbonyl (C=O) groups excluding carboxylic acids is 1. The summed E-state index contributed by atoms with van der Waals surface area (Å²) < 4.78 is 27.2. The molecule has 9 heteroatoms. The van der Waals surface area contributed by atoms with Crippen LogP contribution in [-0.4, -0.2) is 50.1 Å². The lowest BCUT2D eigenvalue weighted by Crippen LogP contribution is -2.34. The molecule has 1 amide bonds. The van der Waals surface area contributed by atoms with Gasteiger partial charge in [0.1, 0.15) is 4.90 Å². The highest BCUT2D eigenvalue weighted by Crippen LogP contribution is 2.31. The van der Waals surface area contributed by atoms with Crippen molar-refractivity contribution in [3.05, 3.63) is 27.7 Å². The summed E-state index contributed by atoms with van der Waals surface area (Å²) in [7, 11) is -3.81. The van der Waals surface area contributed by atoms with E-state index in [0.717, 1.165) is 12.8 Å². The third-order valence-electron chi connectivity index (χ3n) is 3.48. The molecule has 1 fully saturated rings. The van der Waals surface area contributed by atoms with Crippen LogP contribution >= 0.6 is 23.2 Å². The van der Waals surface area contributed by atoms with Gasteiger partial charge in [0.15, 0.2) is 0 Å². The summed E-state index contributed by atoms with van der Waals surface area (Å²) in [5.41, 5.74) is 0.0440. The standard InChI is InChI=1S/C14H18Cl2N2O4S/c1-2-18(5-6-19)14(20)10-7-13(12(16)8-11(10)15)23(21,22)17-9-3-4-9/h7-9,17,19H,2-6H2,1H3. The molecule has 6 nitrogen and oxygen atoms in total. The minimum Gasteiger partial charge on any atom is -0.395 e. The SMILES string of the molecule is CCN(CCO)C(=O)c1cc(S(=O)(=O)NC2CC2)c(Cl)cc1Cl. The number of likely N-dealkylation sites (N-methyl/N-ethyl adjacent to an activating group) is 1. The first-order valence-electron chi connectivity index (χ1n) is 7.21. The summed E-state index contributed by atoms with van der Waals surface area (Å²) >= 11 is 12.1.